The molecule has 0 spiro atoms. The maximum Gasteiger partial charge on any atom is -1.00 e. The standard InChI is InChI=1S/2C15H11.C3H6.2ClH.Zr/c2*1-2-6-12(7-3-1)15-10-13-8-4-5-9-14(13)11-15;1-3-2;;;/h2*1-11H;1-2H3;2*1H;/q;;;;;+2/p-2. The van der Waals surface area contributed by atoms with Crippen molar-refractivity contribution in [2.75, 3.05) is 0 Å². The molecule has 178 valence electrons. The zero-order valence-electron chi connectivity index (χ0n) is 20.5. The molecule has 0 saturated carbocycles. The Morgan fingerprint density at radius 3 is 1.25 bits per heavy atom. The maximum atomic E-state index is 2.48. The van der Waals surface area contributed by atoms with Crippen LogP contribution in [-0.2, 0) is 21.3 Å². The smallest absolute Gasteiger partial charge is 1.00 e. The SMILES string of the molecule is C[C](C)=[Zr+2]([CH]1C(c2ccccc2)=Cc2ccccc21)[CH]1C(c2ccccc2)=Cc2ccccc21.[Cl-].[Cl-]. The number of halogens is 2. The Morgan fingerprint density at radius 1 is 0.500 bits per heavy atom. The van der Waals surface area contributed by atoms with Crippen LogP contribution in [0, 0.1) is 0 Å². The molecule has 6 rings (SSSR count). The number of benzene rings is 4. The fraction of sp³-hybridized carbons (Fsp3) is 0.121. The summed E-state index contributed by atoms with van der Waals surface area (Å²) in [6, 6.07) is 40.4. The molecule has 2 unspecified atom stereocenters. The van der Waals surface area contributed by atoms with E-state index in [-0.39, 0.29) is 24.8 Å². The summed E-state index contributed by atoms with van der Waals surface area (Å²) < 4.78 is 2.69. The first-order valence-electron chi connectivity index (χ1n) is 12.1. The summed E-state index contributed by atoms with van der Waals surface area (Å²) in [6.45, 7) is 4.84. The molecule has 0 aromatic heterocycles. The van der Waals surface area contributed by atoms with Crippen molar-refractivity contribution in [2.24, 2.45) is 0 Å². The molecule has 3 heteroatoms. The molecule has 0 fully saturated rings. The number of hydrogen-bond acceptors (Lipinski definition) is 0. The molecule has 2 aliphatic carbocycles. The van der Waals surface area contributed by atoms with Crippen LogP contribution in [0.3, 0.4) is 0 Å². The number of rotatable bonds is 4. The average molecular weight is 587 g/mol. The molecule has 4 aromatic rings. The van der Waals surface area contributed by atoms with Crippen LogP contribution in [0.5, 0.6) is 0 Å². The van der Waals surface area contributed by atoms with Crippen molar-refractivity contribution in [3.05, 3.63) is 143 Å². The number of allylic oxidation sites excluding steroid dienone is 2. The van der Waals surface area contributed by atoms with Crippen molar-refractivity contribution >= 4 is 26.5 Å². The predicted octanol–water partition coefficient (Wildman–Crippen LogP) is 2.42. The van der Waals surface area contributed by atoms with Crippen LogP contribution in [0.25, 0.3) is 23.3 Å². The fourth-order valence-electron chi connectivity index (χ4n) is 5.82. The third-order valence-electron chi connectivity index (χ3n) is 7.27. The predicted molar refractivity (Wildman–Crippen MR) is 143 cm³/mol. The van der Waals surface area contributed by atoms with Crippen molar-refractivity contribution in [3.8, 4) is 0 Å². The fourth-order valence-corrected chi connectivity index (χ4v) is 15.3. The van der Waals surface area contributed by atoms with E-state index >= 15 is 0 Å². The van der Waals surface area contributed by atoms with Crippen molar-refractivity contribution in [1.82, 2.24) is 0 Å². The van der Waals surface area contributed by atoms with Crippen LogP contribution in [0.4, 0.5) is 0 Å². The summed E-state index contributed by atoms with van der Waals surface area (Å²) >= 11 is -2.36. The van der Waals surface area contributed by atoms with Gasteiger partial charge in [0, 0.05) is 0 Å². The van der Waals surface area contributed by atoms with Gasteiger partial charge in [0.15, 0.2) is 0 Å². The molecule has 0 N–H and O–H groups in total. The van der Waals surface area contributed by atoms with E-state index in [0.717, 1.165) is 0 Å². The minimum absolute atomic E-state index is 0. The Bertz CT molecular complexity index is 1360. The van der Waals surface area contributed by atoms with Crippen LogP contribution in [0.1, 0.15) is 54.5 Å². The van der Waals surface area contributed by atoms with E-state index in [0.29, 0.717) is 7.25 Å². The van der Waals surface area contributed by atoms with E-state index < -0.39 is 21.3 Å². The zero-order valence-corrected chi connectivity index (χ0v) is 24.4. The normalized spacial score (nSPS) is 16.8. The molecule has 0 nitrogen and oxygen atoms in total. The molecule has 36 heavy (non-hydrogen) atoms. The van der Waals surface area contributed by atoms with Gasteiger partial charge in [0.1, 0.15) is 0 Å². The topological polar surface area (TPSA) is 0 Å². The third-order valence-corrected chi connectivity index (χ3v) is 16.2. The van der Waals surface area contributed by atoms with Gasteiger partial charge in [-0.1, -0.05) is 0 Å². The third kappa shape index (κ3) is 4.70. The number of hydrogen-bond donors (Lipinski definition) is 0. The average Bonchev–Trinajstić information content (AvgIpc) is 3.45. The molecule has 0 saturated heterocycles. The Balaban J connectivity index is 0.00000152. The molecule has 2 atom stereocenters. The molecule has 0 radical (unpaired) electrons. The van der Waals surface area contributed by atoms with Crippen LogP contribution in [-0.4, -0.2) is 3.21 Å². The van der Waals surface area contributed by atoms with Gasteiger partial charge in [-0.25, -0.2) is 0 Å². The van der Waals surface area contributed by atoms with Gasteiger partial charge in [0.05, 0.1) is 0 Å². The second kappa shape index (κ2) is 11.4. The minimum Gasteiger partial charge on any atom is -1.00 e. The van der Waals surface area contributed by atoms with E-state index in [4.69, 9.17) is 0 Å². The first-order valence-corrected chi connectivity index (χ1v) is 16.2. The van der Waals surface area contributed by atoms with Gasteiger partial charge in [-0.05, 0) is 0 Å². The van der Waals surface area contributed by atoms with E-state index in [9.17, 15) is 0 Å². The Kier molecular flexibility index (Phi) is 8.46. The van der Waals surface area contributed by atoms with Crippen molar-refractivity contribution in [2.45, 2.75) is 21.1 Å². The van der Waals surface area contributed by atoms with Gasteiger partial charge < -0.3 is 24.8 Å². The van der Waals surface area contributed by atoms with Crippen LogP contribution in [0.2, 0.25) is 0 Å². The quantitative estimate of drug-likeness (QED) is 0.345. The Morgan fingerprint density at radius 2 is 0.861 bits per heavy atom. The molecular formula is C33H28Cl2Zr. The largest absolute Gasteiger partial charge is 1.00 e. The summed E-state index contributed by atoms with van der Waals surface area (Å²) in [7, 11) is 0. The molecule has 2 aliphatic rings. The molecule has 0 aliphatic heterocycles. The molecule has 0 heterocycles. The summed E-state index contributed by atoms with van der Waals surface area (Å²) in [5.41, 5.74) is 11.7. The van der Waals surface area contributed by atoms with Gasteiger partial charge >= 0.3 is 211 Å². The first-order chi connectivity index (χ1) is 16.7. The van der Waals surface area contributed by atoms with E-state index in [2.05, 4.69) is 135 Å². The van der Waals surface area contributed by atoms with Gasteiger partial charge in [-0.15, -0.1) is 0 Å². The van der Waals surface area contributed by atoms with Crippen molar-refractivity contribution in [3.63, 3.8) is 0 Å². The van der Waals surface area contributed by atoms with Crippen molar-refractivity contribution < 1.29 is 46.1 Å². The van der Waals surface area contributed by atoms with Crippen LogP contribution < -0.4 is 24.8 Å². The minimum atomic E-state index is -2.36. The molecular weight excluding hydrogens is 558 g/mol. The molecule has 0 amide bonds. The Hall–Kier alpha value is -2.31. The van der Waals surface area contributed by atoms with E-state index in [1.807, 2.05) is 0 Å². The first kappa shape index (κ1) is 26.7. The summed E-state index contributed by atoms with van der Waals surface area (Å²) in [5.74, 6) is 0. The van der Waals surface area contributed by atoms with Gasteiger partial charge in [0.25, 0.3) is 0 Å². The summed E-state index contributed by atoms with van der Waals surface area (Å²) in [6.07, 6.45) is 4.96. The summed E-state index contributed by atoms with van der Waals surface area (Å²) in [4.78, 5) is 0. The van der Waals surface area contributed by atoms with Gasteiger partial charge in [-0.2, -0.15) is 0 Å². The van der Waals surface area contributed by atoms with Crippen LogP contribution in [0.15, 0.2) is 109 Å². The zero-order chi connectivity index (χ0) is 23.1. The van der Waals surface area contributed by atoms with Crippen LogP contribution >= 0.6 is 0 Å². The second-order valence-electron chi connectivity index (χ2n) is 9.51. The Labute approximate surface area is 234 Å². The number of fused-ring (bicyclic) bond motifs is 2. The van der Waals surface area contributed by atoms with E-state index in [1.54, 1.807) is 3.21 Å². The summed E-state index contributed by atoms with van der Waals surface area (Å²) in [5, 5.41) is 0. The van der Waals surface area contributed by atoms with E-state index in [1.165, 1.54) is 44.5 Å². The monoisotopic (exact) mass is 584 g/mol. The van der Waals surface area contributed by atoms with Gasteiger partial charge in [-0.3, -0.25) is 0 Å². The van der Waals surface area contributed by atoms with Crippen molar-refractivity contribution in [1.29, 1.82) is 0 Å². The molecule has 0 bridgehead atoms. The van der Waals surface area contributed by atoms with Gasteiger partial charge in [0.2, 0.25) is 0 Å². The molecule has 4 aromatic carbocycles. The second-order valence-corrected chi connectivity index (χ2v) is 17.0. The maximum absolute atomic E-state index is 2.48.